The molecule has 0 atom stereocenters. The van der Waals surface area contributed by atoms with Crippen LogP contribution in [0.1, 0.15) is 0 Å². The lowest BCUT2D eigenvalue weighted by atomic mass is 10.4. The summed E-state index contributed by atoms with van der Waals surface area (Å²) in [7, 11) is 3.07. The van der Waals surface area contributed by atoms with Gasteiger partial charge >= 0.3 is 5.97 Å². The lowest BCUT2D eigenvalue weighted by Gasteiger charge is -2.17. The lowest BCUT2D eigenvalue weighted by Crippen LogP contribution is -2.27. The molecule has 1 aromatic rings. The average molecular weight is 215 g/mol. The molecule has 0 saturated heterocycles. The molecule has 4 nitrogen and oxygen atoms in total. The molecule has 0 unspecified atom stereocenters. The summed E-state index contributed by atoms with van der Waals surface area (Å²) in [6.07, 6.45) is 1.62. The monoisotopic (exact) mass is 214 g/mol. The Bertz CT molecular complexity index is 330. The summed E-state index contributed by atoms with van der Waals surface area (Å²) in [5, 5.41) is 0.513. The van der Waals surface area contributed by atoms with E-state index in [0.29, 0.717) is 10.8 Å². The Morgan fingerprint density at radius 3 is 3.00 bits per heavy atom. The minimum atomic E-state index is -0.325. The molecular weight excluding hydrogens is 204 g/mol. The number of carbonyl (C=O) groups excluding carboxylic acids is 1. The highest BCUT2D eigenvalue weighted by molar-refractivity contribution is 6.32. The smallest absolute Gasteiger partial charge is 0.325 e. The zero-order valence-corrected chi connectivity index (χ0v) is 8.78. The molecule has 0 saturated carbocycles. The first-order valence-corrected chi connectivity index (χ1v) is 4.41. The Balaban J connectivity index is 2.74. The first kappa shape index (κ1) is 10.8. The van der Waals surface area contributed by atoms with Crippen LogP contribution >= 0.6 is 11.6 Å². The number of pyridine rings is 1. The molecule has 1 heterocycles. The van der Waals surface area contributed by atoms with Crippen LogP contribution in [0.3, 0.4) is 0 Å². The molecule has 0 bridgehead atoms. The molecule has 5 heteroatoms. The number of likely N-dealkylation sites (N-methyl/N-ethyl adjacent to an activating group) is 1. The predicted molar refractivity (Wildman–Crippen MR) is 54.5 cm³/mol. The fourth-order valence-electron chi connectivity index (χ4n) is 0.991. The highest BCUT2D eigenvalue weighted by atomic mass is 35.5. The average Bonchev–Trinajstić information content (AvgIpc) is 2.18. The second-order valence-electron chi connectivity index (χ2n) is 2.74. The lowest BCUT2D eigenvalue weighted by molar-refractivity contribution is -0.138. The zero-order chi connectivity index (χ0) is 10.6. The molecular formula is C9H11ClN2O2. The standard InChI is InChI=1S/C9H11ClN2O2/c1-12(6-8(13)14-2)9-7(10)4-3-5-11-9/h3-5H,6H2,1-2H3. The molecule has 0 N–H and O–H groups in total. The van der Waals surface area contributed by atoms with Crippen LogP contribution in [0.25, 0.3) is 0 Å². The van der Waals surface area contributed by atoms with E-state index < -0.39 is 0 Å². The van der Waals surface area contributed by atoms with Gasteiger partial charge in [0, 0.05) is 13.2 Å². The van der Waals surface area contributed by atoms with E-state index >= 15 is 0 Å². The highest BCUT2D eigenvalue weighted by Gasteiger charge is 2.10. The van der Waals surface area contributed by atoms with Crippen molar-refractivity contribution < 1.29 is 9.53 Å². The van der Waals surface area contributed by atoms with Gasteiger partial charge in [-0.1, -0.05) is 11.6 Å². The van der Waals surface area contributed by atoms with Crippen molar-refractivity contribution in [3.8, 4) is 0 Å². The third kappa shape index (κ3) is 2.60. The van der Waals surface area contributed by atoms with Crippen LogP contribution in [0, 0.1) is 0 Å². The summed E-state index contributed by atoms with van der Waals surface area (Å²) < 4.78 is 4.53. The second-order valence-corrected chi connectivity index (χ2v) is 3.15. The minimum absolute atomic E-state index is 0.132. The Labute approximate surface area is 87.4 Å². The van der Waals surface area contributed by atoms with E-state index in [-0.39, 0.29) is 12.5 Å². The maximum Gasteiger partial charge on any atom is 0.325 e. The van der Waals surface area contributed by atoms with E-state index in [1.807, 2.05) is 0 Å². The largest absolute Gasteiger partial charge is 0.468 e. The van der Waals surface area contributed by atoms with Crippen LogP contribution in [0.15, 0.2) is 18.3 Å². The van der Waals surface area contributed by atoms with Gasteiger partial charge in [0.25, 0.3) is 0 Å². The third-order valence-corrected chi connectivity index (χ3v) is 1.99. The number of ether oxygens (including phenoxy) is 1. The molecule has 1 rings (SSSR count). The Kier molecular flexibility index (Phi) is 3.71. The third-order valence-electron chi connectivity index (χ3n) is 1.69. The van der Waals surface area contributed by atoms with Gasteiger partial charge in [0.1, 0.15) is 12.4 Å². The van der Waals surface area contributed by atoms with Crippen molar-refractivity contribution in [1.82, 2.24) is 4.98 Å². The molecule has 0 aromatic carbocycles. The normalized spacial score (nSPS) is 9.64. The second kappa shape index (κ2) is 4.81. The van der Waals surface area contributed by atoms with E-state index in [9.17, 15) is 4.79 Å². The highest BCUT2D eigenvalue weighted by Crippen LogP contribution is 2.20. The summed E-state index contributed by atoms with van der Waals surface area (Å²) in [5.41, 5.74) is 0. The van der Waals surface area contributed by atoms with Crippen LogP contribution in [-0.2, 0) is 9.53 Å². The van der Waals surface area contributed by atoms with Gasteiger partial charge in [-0.25, -0.2) is 4.98 Å². The van der Waals surface area contributed by atoms with Crippen molar-refractivity contribution in [2.24, 2.45) is 0 Å². The van der Waals surface area contributed by atoms with Gasteiger partial charge in [-0.05, 0) is 12.1 Å². The first-order valence-electron chi connectivity index (χ1n) is 4.03. The number of anilines is 1. The van der Waals surface area contributed by atoms with Gasteiger partial charge in [0.2, 0.25) is 0 Å². The van der Waals surface area contributed by atoms with Crippen molar-refractivity contribution in [2.45, 2.75) is 0 Å². The molecule has 14 heavy (non-hydrogen) atoms. The summed E-state index contributed by atoms with van der Waals surface area (Å²) >= 11 is 5.89. The van der Waals surface area contributed by atoms with Crippen molar-refractivity contribution in [2.75, 3.05) is 25.6 Å². The number of nitrogens with zero attached hydrogens (tertiary/aromatic N) is 2. The SMILES string of the molecule is COC(=O)CN(C)c1ncccc1Cl. The molecule has 0 radical (unpaired) electrons. The van der Waals surface area contributed by atoms with Gasteiger partial charge < -0.3 is 9.64 Å². The maximum absolute atomic E-state index is 11.0. The number of hydrogen-bond acceptors (Lipinski definition) is 4. The number of halogens is 1. The van der Waals surface area contributed by atoms with Crippen LogP contribution in [0.5, 0.6) is 0 Å². The summed E-state index contributed by atoms with van der Waals surface area (Å²) in [6.45, 7) is 0.132. The fraction of sp³-hybridized carbons (Fsp3) is 0.333. The van der Waals surface area contributed by atoms with Crippen LogP contribution < -0.4 is 4.90 Å². The van der Waals surface area contributed by atoms with Crippen LogP contribution in [-0.4, -0.2) is 31.7 Å². The van der Waals surface area contributed by atoms with Gasteiger partial charge in [-0.15, -0.1) is 0 Å². The summed E-state index contributed by atoms with van der Waals surface area (Å²) in [4.78, 5) is 16.7. The summed E-state index contributed by atoms with van der Waals surface area (Å²) in [5.74, 6) is 0.244. The quantitative estimate of drug-likeness (QED) is 0.713. The molecule has 76 valence electrons. The fourth-order valence-corrected chi connectivity index (χ4v) is 1.26. The molecule has 0 aliphatic heterocycles. The molecule has 0 spiro atoms. The van der Waals surface area contributed by atoms with Crippen LogP contribution in [0.2, 0.25) is 5.02 Å². The number of methoxy groups -OCH3 is 1. The molecule has 0 fully saturated rings. The Morgan fingerprint density at radius 1 is 1.71 bits per heavy atom. The van der Waals surface area contributed by atoms with E-state index in [0.717, 1.165) is 0 Å². The minimum Gasteiger partial charge on any atom is -0.468 e. The van der Waals surface area contributed by atoms with Crippen molar-refractivity contribution in [3.63, 3.8) is 0 Å². The van der Waals surface area contributed by atoms with Crippen molar-refractivity contribution in [1.29, 1.82) is 0 Å². The van der Waals surface area contributed by atoms with E-state index in [1.165, 1.54) is 7.11 Å². The van der Waals surface area contributed by atoms with Gasteiger partial charge in [-0.2, -0.15) is 0 Å². The molecule has 1 aromatic heterocycles. The molecule has 0 amide bonds. The van der Waals surface area contributed by atoms with Gasteiger partial charge in [0.15, 0.2) is 0 Å². The number of hydrogen-bond donors (Lipinski definition) is 0. The number of carbonyl (C=O) groups is 1. The maximum atomic E-state index is 11.0. The predicted octanol–water partition coefficient (Wildman–Crippen LogP) is 1.34. The van der Waals surface area contributed by atoms with Crippen molar-refractivity contribution >= 4 is 23.4 Å². The van der Waals surface area contributed by atoms with E-state index in [1.54, 1.807) is 30.3 Å². The Morgan fingerprint density at radius 2 is 2.43 bits per heavy atom. The molecule has 0 aliphatic rings. The van der Waals surface area contributed by atoms with E-state index in [4.69, 9.17) is 11.6 Å². The number of esters is 1. The molecule has 0 aliphatic carbocycles. The van der Waals surface area contributed by atoms with Gasteiger partial charge in [0.05, 0.1) is 12.1 Å². The first-order chi connectivity index (χ1) is 6.65. The van der Waals surface area contributed by atoms with Crippen molar-refractivity contribution in [3.05, 3.63) is 23.4 Å². The van der Waals surface area contributed by atoms with Crippen LogP contribution in [0.4, 0.5) is 5.82 Å². The number of rotatable bonds is 3. The number of aromatic nitrogens is 1. The Hall–Kier alpha value is -1.29. The van der Waals surface area contributed by atoms with E-state index in [2.05, 4.69) is 9.72 Å². The summed E-state index contributed by atoms with van der Waals surface area (Å²) in [6, 6.07) is 3.45. The zero-order valence-electron chi connectivity index (χ0n) is 8.03. The van der Waals surface area contributed by atoms with Gasteiger partial charge in [-0.3, -0.25) is 4.79 Å². The topological polar surface area (TPSA) is 42.4 Å².